The molecular formula is C19H21ClN2O2. The predicted molar refractivity (Wildman–Crippen MR) is 96.4 cm³/mol. The Kier molecular flexibility index (Phi) is 5.07. The van der Waals surface area contributed by atoms with Crippen molar-refractivity contribution in [3.63, 3.8) is 0 Å². The van der Waals surface area contributed by atoms with E-state index in [4.69, 9.17) is 11.6 Å². The number of benzene rings is 2. The fraction of sp³-hybridized carbons (Fsp3) is 0.316. The molecule has 1 heterocycles. The van der Waals surface area contributed by atoms with E-state index in [0.29, 0.717) is 17.9 Å². The standard InChI is InChI=1S/C19H21ClN2O2/c20-16-7-4-8-17(13-16)21-19(18(23)24)9-11-22(12-10-19)14-15-5-2-1-3-6-15/h1-8,13,21H,9-12,14H2,(H,23,24). The summed E-state index contributed by atoms with van der Waals surface area (Å²) in [4.78, 5) is 14.2. The minimum Gasteiger partial charge on any atom is -0.480 e. The van der Waals surface area contributed by atoms with E-state index in [9.17, 15) is 9.90 Å². The Morgan fingerprint density at radius 3 is 2.46 bits per heavy atom. The molecule has 0 radical (unpaired) electrons. The van der Waals surface area contributed by atoms with Crippen LogP contribution in [0.4, 0.5) is 5.69 Å². The summed E-state index contributed by atoms with van der Waals surface area (Å²) in [5.41, 5.74) is 1.07. The molecule has 4 nitrogen and oxygen atoms in total. The van der Waals surface area contributed by atoms with Gasteiger partial charge < -0.3 is 10.4 Å². The predicted octanol–water partition coefficient (Wildman–Crippen LogP) is 3.87. The zero-order valence-corrected chi connectivity index (χ0v) is 14.2. The van der Waals surface area contributed by atoms with E-state index >= 15 is 0 Å². The number of halogens is 1. The van der Waals surface area contributed by atoms with Crippen molar-refractivity contribution in [1.82, 2.24) is 4.90 Å². The molecule has 2 N–H and O–H groups in total. The number of nitrogens with zero attached hydrogens (tertiary/aromatic N) is 1. The SMILES string of the molecule is O=C(O)C1(Nc2cccc(Cl)c2)CCN(Cc2ccccc2)CC1. The van der Waals surface area contributed by atoms with Gasteiger partial charge in [-0.1, -0.05) is 48.0 Å². The summed E-state index contributed by atoms with van der Waals surface area (Å²) in [7, 11) is 0. The number of nitrogens with one attached hydrogen (secondary N) is 1. The van der Waals surface area contributed by atoms with Gasteiger partial charge in [0, 0.05) is 30.3 Å². The summed E-state index contributed by atoms with van der Waals surface area (Å²) in [6, 6.07) is 17.5. The fourth-order valence-corrected chi connectivity index (χ4v) is 3.36. The Balaban J connectivity index is 1.67. The molecule has 0 atom stereocenters. The molecule has 2 aromatic carbocycles. The molecule has 3 rings (SSSR count). The van der Waals surface area contributed by atoms with Crippen molar-refractivity contribution < 1.29 is 9.90 Å². The van der Waals surface area contributed by atoms with Gasteiger partial charge in [-0.2, -0.15) is 0 Å². The fourth-order valence-electron chi connectivity index (χ4n) is 3.17. The second-order valence-electron chi connectivity index (χ2n) is 6.28. The van der Waals surface area contributed by atoms with Gasteiger partial charge in [-0.3, -0.25) is 4.90 Å². The van der Waals surface area contributed by atoms with Crippen LogP contribution in [-0.4, -0.2) is 34.6 Å². The van der Waals surface area contributed by atoms with E-state index in [1.807, 2.05) is 30.3 Å². The summed E-state index contributed by atoms with van der Waals surface area (Å²) in [5, 5.41) is 13.6. The molecule has 24 heavy (non-hydrogen) atoms. The lowest BCUT2D eigenvalue weighted by Crippen LogP contribution is -2.54. The maximum absolute atomic E-state index is 11.9. The van der Waals surface area contributed by atoms with Crippen LogP contribution in [0.2, 0.25) is 5.02 Å². The van der Waals surface area contributed by atoms with Gasteiger partial charge in [0.25, 0.3) is 0 Å². The third-order valence-electron chi connectivity index (χ3n) is 4.58. The van der Waals surface area contributed by atoms with E-state index in [-0.39, 0.29) is 0 Å². The molecule has 5 heteroatoms. The molecule has 1 aliphatic heterocycles. The van der Waals surface area contributed by atoms with Crippen molar-refractivity contribution in [2.45, 2.75) is 24.9 Å². The first-order valence-electron chi connectivity index (χ1n) is 8.11. The lowest BCUT2D eigenvalue weighted by Gasteiger charge is -2.40. The van der Waals surface area contributed by atoms with Crippen molar-refractivity contribution in [2.24, 2.45) is 0 Å². The number of piperidine rings is 1. The van der Waals surface area contributed by atoms with Crippen molar-refractivity contribution >= 4 is 23.3 Å². The quantitative estimate of drug-likeness (QED) is 0.864. The first-order valence-corrected chi connectivity index (χ1v) is 8.49. The van der Waals surface area contributed by atoms with Crippen LogP contribution in [0.25, 0.3) is 0 Å². The Bertz CT molecular complexity index is 698. The smallest absolute Gasteiger partial charge is 0.329 e. The first-order chi connectivity index (χ1) is 11.6. The van der Waals surface area contributed by atoms with E-state index in [1.165, 1.54) is 5.56 Å². The van der Waals surface area contributed by atoms with Crippen LogP contribution >= 0.6 is 11.6 Å². The number of hydrogen-bond donors (Lipinski definition) is 2. The average molecular weight is 345 g/mol. The molecule has 2 aromatic rings. The van der Waals surface area contributed by atoms with Crippen LogP contribution in [0.1, 0.15) is 18.4 Å². The molecule has 0 aromatic heterocycles. The number of carboxylic acids is 1. The molecule has 0 bridgehead atoms. The number of carboxylic acid groups (broad SMARTS) is 1. The van der Waals surface area contributed by atoms with Crippen LogP contribution in [0.15, 0.2) is 54.6 Å². The zero-order chi connectivity index (χ0) is 17.0. The zero-order valence-electron chi connectivity index (χ0n) is 13.4. The number of anilines is 1. The Morgan fingerprint density at radius 1 is 1.12 bits per heavy atom. The van der Waals surface area contributed by atoms with Crippen LogP contribution in [0.5, 0.6) is 0 Å². The van der Waals surface area contributed by atoms with E-state index < -0.39 is 11.5 Å². The molecular weight excluding hydrogens is 324 g/mol. The van der Waals surface area contributed by atoms with Crippen molar-refractivity contribution in [3.05, 3.63) is 65.2 Å². The lowest BCUT2D eigenvalue weighted by molar-refractivity contribution is -0.144. The molecule has 1 fully saturated rings. The first kappa shape index (κ1) is 16.8. The maximum atomic E-state index is 11.9. The maximum Gasteiger partial charge on any atom is 0.329 e. The Morgan fingerprint density at radius 2 is 1.83 bits per heavy atom. The molecule has 0 amide bonds. The largest absolute Gasteiger partial charge is 0.480 e. The third kappa shape index (κ3) is 3.89. The summed E-state index contributed by atoms with van der Waals surface area (Å²) in [5.74, 6) is -0.804. The summed E-state index contributed by atoms with van der Waals surface area (Å²) >= 11 is 6.01. The van der Waals surface area contributed by atoms with Crippen LogP contribution < -0.4 is 5.32 Å². The molecule has 0 unspecified atom stereocenters. The van der Waals surface area contributed by atoms with Crippen molar-refractivity contribution in [3.8, 4) is 0 Å². The molecule has 1 aliphatic rings. The van der Waals surface area contributed by atoms with E-state index in [2.05, 4.69) is 22.3 Å². The minimum absolute atomic E-state index is 0.557. The minimum atomic E-state index is -0.933. The lowest BCUT2D eigenvalue weighted by atomic mass is 9.87. The Labute approximate surface area is 147 Å². The molecule has 0 spiro atoms. The molecule has 0 aliphatic carbocycles. The second-order valence-corrected chi connectivity index (χ2v) is 6.72. The van der Waals surface area contributed by atoms with Gasteiger partial charge >= 0.3 is 5.97 Å². The highest BCUT2D eigenvalue weighted by atomic mass is 35.5. The third-order valence-corrected chi connectivity index (χ3v) is 4.81. The molecule has 0 saturated carbocycles. The summed E-state index contributed by atoms with van der Waals surface area (Å²) < 4.78 is 0. The number of carbonyl (C=O) groups is 1. The normalized spacial score (nSPS) is 17.4. The van der Waals surface area contributed by atoms with Gasteiger partial charge in [0.1, 0.15) is 5.54 Å². The van der Waals surface area contributed by atoms with Crippen molar-refractivity contribution in [1.29, 1.82) is 0 Å². The molecule has 126 valence electrons. The van der Waals surface area contributed by atoms with Crippen LogP contribution in [0, 0.1) is 0 Å². The van der Waals surface area contributed by atoms with Crippen LogP contribution in [-0.2, 0) is 11.3 Å². The number of aliphatic carboxylic acids is 1. The van der Waals surface area contributed by atoms with Crippen LogP contribution in [0.3, 0.4) is 0 Å². The number of rotatable bonds is 5. The highest BCUT2D eigenvalue weighted by molar-refractivity contribution is 6.30. The summed E-state index contributed by atoms with van der Waals surface area (Å²) in [6.07, 6.45) is 1.11. The topological polar surface area (TPSA) is 52.6 Å². The van der Waals surface area contributed by atoms with Gasteiger partial charge in [-0.05, 0) is 36.6 Å². The highest BCUT2D eigenvalue weighted by Gasteiger charge is 2.41. The number of hydrogen-bond acceptors (Lipinski definition) is 3. The monoisotopic (exact) mass is 344 g/mol. The molecule has 1 saturated heterocycles. The average Bonchev–Trinajstić information content (AvgIpc) is 2.57. The van der Waals surface area contributed by atoms with Gasteiger partial charge in [0.2, 0.25) is 0 Å². The second kappa shape index (κ2) is 7.24. The van der Waals surface area contributed by atoms with E-state index in [0.717, 1.165) is 25.3 Å². The number of likely N-dealkylation sites (tertiary alicyclic amines) is 1. The van der Waals surface area contributed by atoms with Gasteiger partial charge in [0.05, 0.1) is 0 Å². The Hall–Kier alpha value is -2.04. The highest BCUT2D eigenvalue weighted by Crippen LogP contribution is 2.29. The van der Waals surface area contributed by atoms with Gasteiger partial charge in [0.15, 0.2) is 0 Å². The van der Waals surface area contributed by atoms with Gasteiger partial charge in [-0.15, -0.1) is 0 Å². The van der Waals surface area contributed by atoms with Crippen molar-refractivity contribution in [2.75, 3.05) is 18.4 Å². The van der Waals surface area contributed by atoms with E-state index in [1.54, 1.807) is 12.1 Å². The van der Waals surface area contributed by atoms with Gasteiger partial charge in [-0.25, -0.2) is 4.79 Å². The summed E-state index contributed by atoms with van der Waals surface area (Å²) in [6.45, 7) is 2.34.